The highest BCUT2D eigenvalue weighted by Gasteiger charge is 2.31. The summed E-state index contributed by atoms with van der Waals surface area (Å²) < 4.78 is 17.9. The van der Waals surface area contributed by atoms with E-state index in [0.29, 0.717) is 35.0 Å². The van der Waals surface area contributed by atoms with Gasteiger partial charge < -0.3 is 39.8 Å². The Morgan fingerprint density at radius 3 is 2.43 bits per heavy atom. The van der Waals surface area contributed by atoms with E-state index in [2.05, 4.69) is 10.6 Å². The summed E-state index contributed by atoms with van der Waals surface area (Å²) in [4.78, 5) is 43.6. The third kappa shape index (κ3) is 11.0. The molecule has 0 aliphatic carbocycles. The van der Waals surface area contributed by atoms with Crippen LogP contribution in [0.15, 0.2) is 72.8 Å². The summed E-state index contributed by atoms with van der Waals surface area (Å²) in [5.41, 5.74) is 2.28. The highest BCUT2D eigenvalue weighted by atomic mass is 16.5. The van der Waals surface area contributed by atoms with Crippen LogP contribution in [0, 0.1) is 5.92 Å². The van der Waals surface area contributed by atoms with E-state index in [4.69, 9.17) is 14.2 Å². The number of benzene rings is 3. The number of anilines is 2. The summed E-state index contributed by atoms with van der Waals surface area (Å²) in [6.07, 6.45) is 2.01. The normalized spacial score (nSPS) is 19.4. The van der Waals surface area contributed by atoms with Crippen LogP contribution in [0.5, 0.6) is 11.5 Å². The molecule has 0 fully saturated rings. The van der Waals surface area contributed by atoms with Crippen molar-refractivity contribution in [3.8, 4) is 11.5 Å². The van der Waals surface area contributed by atoms with Gasteiger partial charge in [-0.15, -0.1) is 0 Å². The monoisotopic (exact) mass is 674 g/mol. The molecule has 3 N–H and O–H groups in total. The second kappa shape index (κ2) is 18.2. The molecule has 0 saturated carbocycles. The van der Waals surface area contributed by atoms with Crippen molar-refractivity contribution in [2.45, 2.75) is 64.7 Å². The van der Waals surface area contributed by atoms with Gasteiger partial charge in [0.2, 0.25) is 5.91 Å². The third-order valence-electron chi connectivity index (χ3n) is 8.68. The molecule has 4 amide bonds. The Morgan fingerprint density at radius 1 is 1.02 bits per heavy atom. The quantitative estimate of drug-likeness (QED) is 0.260. The van der Waals surface area contributed by atoms with E-state index in [1.807, 2.05) is 44.2 Å². The van der Waals surface area contributed by atoms with E-state index in [0.717, 1.165) is 24.8 Å². The fourth-order valence-electron chi connectivity index (χ4n) is 5.70. The van der Waals surface area contributed by atoms with Crippen molar-refractivity contribution in [1.29, 1.82) is 0 Å². The highest BCUT2D eigenvalue weighted by molar-refractivity contribution is 6.00. The first kappa shape index (κ1) is 37.2. The van der Waals surface area contributed by atoms with Crippen molar-refractivity contribution < 1.29 is 33.7 Å². The van der Waals surface area contributed by atoms with Gasteiger partial charge in [-0.1, -0.05) is 37.3 Å². The zero-order valence-corrected chi connectivity index (χ0v) is 29.2. The third-order valence-corrected chi connectivity index (χ3v) is 8.68. The lowest BCUT2D eigenvalue weighted by molar-refractivity contribution is -0.115. The van der Waals surface area contributed by atoms with Crippen molar-refractivity contribution in [2.75, 3.05) is 51.1 Å². The van der Waals surface area contributed by atoms with Gasteiger partial charge in [-0.3, -0.25) is 9.59 Å². The lowest BCUT2D eigenvalue weighted by atomic mass is 10.0. The zero-order chi connectivity index (χ0) is 35.3. The predicted molar refractivity (Wildman–Crippen MR) is 190 cm³/mol. The largest absolute Gasteiger partial charge is 0.497 e. The number of fused-ring (bicyclic) bond motifs is 1. The van der Waals surface area contributed by atoms with Crippen molar-refractivity contribution in [3.05, 3.63) is 83.9 Å². The average molecular weight is 675 g/mol. The molecule has 0 aromatic heterocycles. The van der Waals surface area contributed by atoms with Gasteiger partial charge in [0.05, 0.1) is 44.0 Å². The Morgan fingerprint density at radius 2 is 1.73 bits per heavy atom. The Bertz CT molecular complexity index is 1520. The summed E-state index contributed by atoms with van der Waals surface area (Å²) in [7, 11) is 3.30. The number of likely N-dealkylation sites (N-methyl/N-ethyl adjacent to an activating group) is 1. The molecule has 1 aliphatic rings. The Balaban J connectivity index is 1.56. The number of carbonyl (C=O) groups is 3. The second-order valence-electron chi connectivity index (χ2n) is 12.8. The maximum atomic E-state index is 14.4. The SMILES string of the molecule is COc1ccc(NC(=O)N(C)C[C@@H]2OCCCC[C@@H](C)Oc3ccc(NC(=O)Cc4ccccc4)cc3C(=O)N([C@H](C)CO)C[C@@H]2C)cc1. The lowest BCUT2D eigenvalue weighted by Gasteiger charge is -2.35. The van der Waals surface area contributed by atoms with Crippen molar-refractivity contribution in [3.63, 3.8) is 0 Å². The minimum Gasteiger partial charge on any atom is -0.497 e. The maximum Gasteiger partial charge on any atom is 0.321 e. The zero-order valence-electron chi connectivity index (χ0n) is 29.2. The van der Waals surface area contributed by atoms with E-state index in [1.54, 1.807) is 73.3 Å². The molecule has 4 rings (SSSR count). The average Bonchev–Trinajstić information content (AvgIpc) is 3.10. The standard InChI is InChI=1S/C38H50N4O7/c1-26-23-42(27(2)25-43)37(45)33-22-31(39-36(44)21-29-12-7-6-8-13-29)16-19-34(33)49-28(3)11-9-10-20-48-35(26)24-41(4)38(46)40-30-14-17-32(47-5)18-15-30/h6-8,12-19,22,26-28,35,43H,9-11,20-21,23-25H2,1-5H3,(H,39,44)(H,40,46)/t26-,27+,28+,35-/m0/s1. The molecule has 4 atom stereocenters. The molecular weight excluding hydrogens is 624 g/mol. The van der Waals surface area contributed by atoms with Gasteiger partial charge >= 0.3 is 6.03 Å². The number of carbonyl (C=O) groups excluding carboxylic acids is 3. The lowest BCUT2D eigenvalue weighted by Crippen LogP contribution is -2.48. The molecule has 11 nitrogen and oxygen atoms in total. The van der Waals surface area contributed by atoms with Crippen molar-refractivity contribution in [2.24, 2.45) is 5.92 Å². The van der Waals surface area contributed by atoms with E-state index >= 15 is 0 Å². The number of aliphatic hydroxyl groups is 1. The minimum atomic E-state index is -0.527. The van der Waals surface area contributed by atoms with Gasteiger partial charge in [0.15, 0.2) is 0 Å². The van der Waals surface area contributed by atoms with Crippen LogP contribution in [-0.4, -0.2) is 91.5 Å². The molecule has 3 aromatic carbocycles. The van der Waals surface area contributed by atoms with Crippen LogP contribution >= 0.6 is 0 Å². The Hall–Kier alpha value is -4.61. The van der Waals surface area contributed by atoms with Gasteiger partial charge in [-0.2, -0.15) is 0 Å². The number of amides is 4. The van der Waals surface area contributed by atoms with E-state index in [-0.39, 0.29) is 56.0 Å². The van der Waals surface area contributed by atoms with Crippen LogP contribution in [-0.2, 0) is 16.0 Å². The minimum absolute atomic E-state index is 0.181. The summed E-state index contributed by atoms with van der Waals surface area (Å²) in [5.74, 6) is 0.353. The van der Waals surface area contributed by atoms with Crippen LogP contribution < -0.4 is 20.1 Å². The molecular formula is C38H50N4O7. The van der Waals surface area contributed by atoms with Crippen LogP contribution in [0.25, 0.3) is 0 Å². The molecule has 11 heteroatoms. The van der Waals surface area contributed by atoms with Gasteiger partial charge in [0.25, 0.3) is 5.91 Å². The van der Waals surface area contributed by atoms with Crippen LogP contribution in [0.4, 0.5) is 16.2 Å². The summed E-state index contributed by atoms with van der Waals surface area (Å²) in [6, 6.07) is 20.8. The number of aliphatic hydroxyl groups excluding tert-OH is 1. The number of nitrogens with one attached hydrogen (secondary N) is 2. The van der Waals surface area contributed by atoms with Crippen LogP contribution in [0.1, 0.15) is 56.0 Å². The molecule has 0 bridgehead atoms. The first-order valence-electron chi connectivity index (χ1n) is 16.9. The molecule has 1 aliphatic heterocycles. The fourth-order valence-corrected chi connectivity index (χ4v) is 5.70. The van der Waals surface area contributed by atoms with Crippen molar-refractivity contribution in [1.82, 2.24) is 9.80 Å². The number of hydrogen-bond donors (Lipinski definition) is 3. The maximum absolute atomic E-state index is 14.4. The topological polar surface area (TPSA) is 130 Å². The van der Waals surface area contributed by atoms with Crippen LogP contribution in [0.2, 0.25) is 0 Å². The second-order valence-corrected chi connectivity index (χ2v) is 12.8. The molecule has 1 heterocycles. The molecule has 0 saturated heterocycles. The van der Waals surface area contributed by atoms with E-state index < -0.39 is 12.1 Å². The fraction of sp³-hybridized carbons (Fsp3) is 0.447. The Kier molecular flexibility index (Phi) is 13.8. The number of nitrogens with zero attached hydrogens (tertiary/aromatic N) is 2. The van der Waals surface area contributed by atoms with Gasteiger partial charge in [-0.25, -0.2) is 4.79 Å². The number of ether oxygens (including phenoxy) is 3. The van der Waals surface area contributed by atoms with Gasteiger partial charge in [-0.05, 0) is 81.1 Å². The number of methoxy groups -OCH3 is 1. The van der Waals surface area contributed by atoms with Gasteiger partial charge in [0.1, 0.15) is 11.5 Å². The molecule has 3 aromatic rings. The first-order valence-corrected chi connectivity index (χ1v) is 16.9. The number of hydrogen-bond acceptors (Lipinski definition) is 7. The first-order chi connectivity index (χ1) is 23.6. The number of urea groups is 1. The molecule has 49 heavy (non-hydrogen) atoms. The smallest absolute Gasteiger partial charge is 0.321 e. The molecule has 0 unspecified atom stereocenters. The van der Waals surface area contributed by atoms with Crippen molar-refractivity contribution >= 4 is 29.2 Å². The summed E-state index contributed by atoms with van der Waals surface area (Å²) >= 11 is 0. The summed E-state index contributed by atoms with van der Waals surface area (Å²) in [5, 5.41) is 16.1. The summed E-state index contributed by atoms with van der Waals surface area (Å²) in [6.45, 7) is 6.50. The highest BCUT2D eigenvalue weighted by Crippen LogP contribution is 2.29. The molecule has 264 valence electrons. The van der Waals surface area contributed by atoms with Gasteiger partial charge in [0, 0.05) is 44.0 Å². The predicted octanol–water partition coefficient (Wildman–Crippen LogP) is 5.84. The van der Waals surface area contributed by atoms with E-state index in [9.17, 15) is 19.5 Å². The van der Waals surface area contributed by atoms with E-state index in [1.165, 1.54) is 0 Å². The number of rotatable bonds is 9. The molecule has 0 spiro atoms. The Labute approximate surface area is 289 Å². The molecule has 0 radical (unpaired) electrons. The van der Waals surface area contributed by atoms with Crippen LogP contribution in [0.3, 0.4) is 0 Å².